The summed E-state index contributed by atoms with van der Waals surface area (Å²) >= 11 is 0. The number of hydrogen-bond donors (Lipinski definition) is 0. The van der Waals surface area contributed by atoms with Gasteiger partial charge in [-0.15, -0.1) is 0 Å². The van der Waals surface area contributed by atoms with E-state index < -0.39 is 0 Å². The first kappa shape index (κ1) is 27.4. The zero-order chi connectivity index (χ0) is 26.3. The molecule has 194 valence electrons. The van der Waals surface area contributed by atoms with Crippen molar-refractivity contribution in [3.8, 4) is 11.4 Å². The summed E-state index contributed by atoms with van der Waals surface area (Å²) in [5.74, 6) is 1.34. The van der Waals surface area contributed by atoms with Crippen LogP contribution in [0.3, 0.4) is 0 Å². The standard InChI is InChI=1S/C29H39N3O4/c1-7-25(31(18-11-19-35-6)26(33)20-29(3,4)5)27-30-24-13-10-9-12-23(24)28(34)32(27)21-14-16-22(17-15-21)36-8-2/h9-10,12-17,25H,7-8,11,18-20H2,1-6H3. The summed E-state index contributed by atoms with van der Waals surface area (Å²) in [6.45, 7) is 11.8. The molecule has 0 radical (unpaired) electrons. The maximum atomic E-state index is 13.8. The van der Waals surface area contributed by atoms with Crippen LogP contribution in [0.25, 0.3) is 16.6 Å². The quantitative estimate of drug-likeness (QED) is 0.328. The van der Waals surface area contributed by atoms with E-state index in [-0.39, 0.29) is 22.9 Å². The third-order valence-electron chi connectivity index (χ3n) is 6.02. The normalized spacial score (nSPS) is 12.5. The monoisotopic (exact) mass is 493 g/mol. The van der Waals surface area contributed by atoms with Gasteiger partial charge in [-0.3, -0.25) is 14.2 Å². The number of para-hydroxylation sites is 1. The fraction of sp³-hybridized carbons (Fsp3) is 0.483. The lowest BCUT2D eigenvalue weighted by molar-refractivity contribution is -0.136. The zero-order valence-corrected chi connectivity index (χ0v) is 22.4. The summed E-state index contributed by atoms with van der Waals surface area (Å²) in [6.07, 6.45) is 1.71. The molecule has 7 heteroatoms. The Morgan fingerprint density at radius 1 is 1.08 bits per heavy atom. The third kappa shape index (κ3) is 6.52. The van der Waals surface area contributed by atoms with E-state index in [0.717, 1.165) is 5.75 Å². The number of nitrogens with zero attached hydrogens (tertiary/aromatic N) is 3. The van der Waals surface area contributed by atoms with Crippen LogP contribution in [-0.2, 0) is 9.53 Å². The molecule has 0 spiro atoms. The molecule has 3 rings (SSSR count). The van der Waals surface area contributed by atoms with Gasteiger partial charge >= 0.3 is 0 Å². The summed E-state index contributed by atoms with van der Waals surface area (Å²) in [6, 6.07) is 14.4. The highest BCUT2D eigenvalue weighted by atomic mass is 16.5. The van der Waals surface area contributed by atoms with Gasteiger partial charge in [0.2, 0.25) is 5.91 Å². The van der Waals surface area contributed by atoms with Crippen molar-refractivity contribution in [1.29, 1.82) is 0 Å². The minimum absolute atomic E-state index is 0.0473. The Morgan fingerprint density at radius 2 is 1.78 bits per heavy atom. The molecule has 0 N–H and O–H groups in total. The van der Waals surface area contributed by atoms with Crippen LogP contribution in [-0.4, -0.2) is 47.2 Å². The number of methoxy groups -OCH3 is 1. The van der Waals surface area contributed by atoms with Crippen molar-refractivity contribution in [2.45, 2.75) is 59.9 Å². The Morgan fingerprint density at radius 3 is 2.39 bits per heavy atom. The predicted molar refractivity (Wildman–Crippen MR) is 144 cm³/mol. The maximum absolute atomic E-state index is 13.8. The van der Waals surface area contributed by atoms with Crippen LogP contribution in [0.4, 0.5) is 0 Å². The zero-order valence-electron chi connectivity index (χ0n) is 22.4. The van der Waals surface area contributed by atoms with Crippen molar-refractivity contribution >= 4 is 16.8 Å². The minimum Gasteiger partial charge on any atom is -0.494 e. The molecule has 0 saturated heterocycles. The lowest BCUT2D eigenvalue weighted by Gasteiger charge is -2.34. The van der Waals surface area contributed by atoms with E-state index in [1.807, 2.05) is 61.2 Å². The molecule has 1 atom stereocenters. The van der Waals surface area contributed by atoms with Crippen LogP contribution < -0.4 is 10.3 Å². The molecule has 7 nitrogen and oxygen atoms in total. The van der Waals surface area contributed by atoms with Crippen LogP contribution >= 0.6 is 0 Å². The number of aromatic nitrogens is 2. The van der Waals surface area contributed by atoms with Gasteiger partial charge in [0, 0.05) is 26.7 Å². The second-order valence-electron chi connectivity index (χ2n) is 10.1. The van der Waals surface area contributed by atoms with Gasteiger partial charge in [0.15, 0.2) is 0 Å². The molecule has 1 heterocycles. The largest absolute Gasteiger partial charge is 0.494 e. The molecule has 1 aromatic heterocycles. The number of carbonyl (C=O) groups excluding carboxylic acids is 1. The fourth-order valence-corrected chi connectivity index (χ4v) is 4.41. The molecule has 0 bridgehead atoms. The van der Waals surface area contributed by atoms with Gasteiger partial charge in [-0.1, -0.05) is 39.8 Å². The van der Waals surface area contributed by atoms with Crippen LogP contribution in [0.5, 0.6) is 5.75 Å². The van der Waals surface area contributed by atoms with Gasteiger partial charge in [0.25, 0.3) is 5.56 Å². The Labute approximate surface area is 214 Å². The summed E-state index contributed by atoms with van der Waals surface area (Å²) in [7, 11) is 1.66. The van der Waals surface area contributed by atoms with E-state index in [2.05, 4.69) is 20.8 Å². The van der Waals surface area contributed by atoms with Crippen molar-refractivity contribution < 1.29 is 14.3 Å². The second kappa shape index (κ2) is 12.2. The first-order valence-corrected chi connectivity index (χ1v) is 12.7. The van der Waals surface area contributed by atoms with Gasteiger partial charge in [0.05, 0.1) is 29.2 Å². The molecule has 2 aromatic carbocycles. The second-order valence-corrected chi connectivity index (χ2v) is 10.1. The molecular formula is C29H39N3O4. The Hall–Kier alpha value is -3.19. The third-order valence-corrected chi connectivity index (χ3v) is 6.02. The average molecular weight is 494 g/mol. The lowest BCUT2D eigenvalue weighted by atomic mass is 9.91. The van der Waals surface area contributed by atoms with Crippen LogP contribution in [0.15, 0.2) is 53.3 Å². The topological polar surface area (TPSA) is 73.7 Å². The van der Waals surface area contributed by atoms with E-state index in [0.29, 0.717) is 61.4 Å². The molecule has 1 amide bonds. The molecule has 36 heavy (non-hydrogen) atoms. The SMILES string of the molecule is CCOc1ccc(-n2c(C(CC)N(CCCOC)C(=O)CC(C)(C)C)nc3ccccc3c2=O)cc1. The summed E-state index contributed by atoms with van der Waals surface area (Å²) in [4.78, 5) is 34.3. The van der Waals surface area contributed by atoms with Crippen LogP contribution in [0, 0.1) is 5.41 Å². The number of hydrogen-bond acceptors (Lipinski definition) is 5. The first-order chi connectivity index (χ1) is 17.2. The molecule has 3 aromatic rings. The highest BCUT2D eigenvalue weighted by Crippen LogP contribution is 2.30. The number of rotatable bonds is 11. The molecule has 0 fully saturated rings. The van der Waals surface area contributed by atoms with Gasteiger partial charge in [0.1, 0.15) is 11.6 Å². The van der Waals surface area contributed by atoms with E-state index >= 15 is 0 Å². The number of ether oxygens (including phenoxy) is 2. The fourth-order valence-electron chi connectivity index (χ4n) is 4.41. The Balaban J connectivity index is 2.20. The highest BCUT2D eigenvalue weighted by molar-refractivity contribution is 5.79. The van der Waals surface area contributed by atoms with Crippen molar-refractivity contribution in [2.75, 3.05) is 26.9 Å². The van der Waals surface area contributed by atoms with Gasteiger partial charge in [-0.05, 0) is 61.6 Å². The molecule has 0 aliphatic heterocycles. The summed E-state index contributed by atoms with van der Waals surface area (Å²) in [5, 5.41) is 0.539. The Kier molecular flexibility index (Phi) is 9.26. The van der Waals surface area contributed by atoms with Crippen LogP contribution in [0.1, 0.15) is 65.7 Å². The molecule has 0 aliphatic rings. The Bertz CT molecular complexity index is 1210. The van der Waals surface area contributed by atoms with Gasteiger partial charge in [-0.25, -0.2) is 4.98 Å². The summed E-state index contributed by atoms with van der Waals surface area (Å²) in [5.41, 5.74) is 0.993. The number of benzene rings is 2. The molecule has 0 aliphatic carbocycles. The maximum Gasteiger partial charge on any atom is 0.266 e. The van der Waals surface area contributed by atoms with Crippen molar-refractivity contribution in [3.05, 3.63) is 64.7 Å². The van der Waals surface area contributed by atoms with E-state index in [1.54, 1.807) is 17.7 Å². The van der Waals surface area contributed by atoms with E-state index in [1.165, 1.54) is 0 Å². The molecular weight excluding hydrogens is 454 g/mol. The molecule has 1 unspecified atom stereocenters. The minimum atomic E-state index is -0.374. The van der Waals surface area contributed by atoms with Crippen LogP contribution in [0.2, 0.25) is 0 Å². The lowest BCUT2D eigenvalue weighted by Crippen LogP contribution is -2.40. The van der Waals surface area contributed by atoms with E-state index in [4.69, 9.17) is 14.5 Å². The molecule has 0 saturated carbocycles. The average Bonchev–Trinajstić information content (AvgIpc) is 2.83. The van der Waals surface area contributed by atoms with E-state index in [9.17, 15) is 9.59 Å². The first-order valence-electron chi connectivity index (χ1n) is 12.7. The van der Waals surface area contributed by atoms with Gasteiger partial charge < -0.3 is 14.4 Å². The smallest absolute Gasteiger partial charge is 0.266 e. The summed E-state index contributed by atoms with van der Waals surface area (Å²) < 4.78 is 12.5. The number of carbonyl (C=O) groups is 1. The van der Waals surface area contributed by atoms with Crippen molar-refractivity contribution in [3.63, 3.8) is 0 Å². The number of fused-ring (bicyclic) bond motifs is 1. The number of amides is 1. The van der Waals surface area contributed by atoms with Crippen molar-refractivity contribution in [2.24, 2.45) is 5.41 Å². The van der Waals surface area contributed by atoms with Gasteiger partial charge in [-0.2, -0.15) is 0 Å². The van der Waals surface area contributed by atoms with Crippen molar-refractivity contribution in [1.82, 2.24) is 14.5 Å². The predicted octanol–water partition coefficient (Wildman–Crippen LogP) is 5.54. The highest BCUT2D eigenvalue weighted by Gasteiger charge is 2.30.